The van der Waals surface area contributed by atoms with E-state index in [2.05, 4.69) is 18.0 Å². The number of nitrogens with zero attached hydrogens (tertiary/aromatic N) is 2. The first-order chi connectivity index (χ1) is 15.7. The van der Waals surface area contributed by atoms with Gasteiger partial charge in [-0.15, -0.1) is 0 Å². The minimum absolute atomic E-state index is 0.219. The van der Waals surface area contributed by atoms with Gasteiger partial charge in [0.15, 0.2) is 0 Å². The summed E-state index contributed by atoms with van der Waals surface area (Å²) in [5, 5.41) is 28.7. The highest BCUT2D eigenvalue weighted by molar-refractivity contribution is 5.32. The zero-order valence-electron chi connectivity index (χ0n) is 17.7. The molecule has 6 heteroatoms. The Bertz CT molecular complexity index is 1060. The highest BCUT2D eigenvalue weighted by Gasteiger charge is 2.22. The molecule has 0 amide bonds. The Balaban J connectivity index is 1.74. The van der Waals surface area contributed by atoms with Gasteiger partial charge in [0.05, 0.1) is 38.2 Å². The van der Waals surface area contributed by atoms with E-state index < -0.39 is 12.2 Å². The van der Waals surface area contributed by atoms with Gasteiger partial charge in [0.25, 0.3) is 0 Å². The Labute approximate surface area is 188 Å². The number of aliphatic hydroxyl groups excluding tert-OH is 2. The third kappa shape index (κ3) is 6.55. The van der Waals surface area contributed by atoms with Crippen molar-refractivity contribution in [2.75, 3.05) is 6.61 Å². The number of rotatable bonds is 10. The van der Waals surface area contributed by atoms with Crippen molar-refractivity contribution in [3.05, 3.63) is 95.3 Å². The quantitative estimate of drug-likeness (QED) is 0.482. The molecule has 2 N–H and O–H groups in total. The van der Waals surface area contributed by atoms with Crippen molar-refractivity contribution in [1.82, 2.24) is 4.57 Å². The first-order valence-corrected chi connectivity index (χ1v) is 10.4. The Hall–Kier alpha value is -3.39. The number of benzene rings is 2. The second-order valence-corrected chi connectivity index (χ2v) is 7.16. The third-order valence-corrected chi connectivity index (χ3v) is 4.94. The van der Waals surface area contributed by atoms with Crippen molar-refractivity contribution in [1.29, 1.82) is 5.26 Å². The summed E-state index contributed by atoms with van der Waals surface area (Å²) in [7, 11) is 0. The van der Waals surface area contributed by atoms with E-state index in [0.717, 1.165) is 11.1 Å². The van der Waals surface area contributed by atoms with Crippen LogP contribution in [0.5, 0.6) is 0 Å². The molecule has 2 aromatic carbocycles. The molecule has 3 rings (SSSR count). The van der Waals surface area contributed by atoms with E-state index in [1.54, 1.807) is 12.1 Å². The molecule has 1 aromatic heterocycles. The zero-order chi connectivity index (χ0) is 22.6. The fourth-order valence-electron chi connectivity index (χ4n) is 3.18. The van der Waals surface area contributed by atoms with Crippen LogP contribution >= 0.6 is 0 Å². The number of ether oxygens (including phenoxy) is 2. The monoisotopic (exact) mass is 430 g/mol. The highest BCUT2D eigenvalue weighted by Crippen LogP contribution is 2.15. The average Bonchev–Trinajstić information content (AvgIpc) is 3.25. The molecule has 0 saturated heterocycles. The first kappa shape index (κ1) is 23.3. The largest absolute Gasteiger partial charge is 0.394 e. The van der Waals surface area contributed by atoms with E-state index in [9.17, 15) is 15.5 Å². The maximum absolute atomic E-state index is 9.98. The van der Waals surface area contributed by atoms with Gasteiger partial charge in [-0.25, -0.2) is 0 Å². The maximum Gasteiger partial charge on any atom is 0.132 e. The van der Waals surface area contributed by atoms with Crippen molar-refractivity contribution >= 4 is 0 Å². The molecule has 32 heavy (non-hydrogen) atoms. The molecule has 1 heterocycles. The van der Waals surface area contributed by atoms with E-state index in [1.807, 2.05) is 60.7 Å². The van der Waals surface area contributed by atoms with Gasteiger partial charge < -0.3 is 19.7 Å². The summed E-state index contributed by atoms with van der Waals surface area (Å²) in [6.07, 6.45) is -0.790. The lowest BCUT2D eigenvalue weighted by molar-refractivity contribution is -0.101. The molecule has 0 spiro atoms. The summed E-state index contributed by atoms with van der Waals surface area (Å²) in [6, 6.07) is 27.7. The van der Waals surface area contributed by atoms with E-state index in [0.29, 0.717) is 24.6 Å². The standard InChI is InChI=1S/C26H26N2O4/c27-16-23-13-14-24(17-29)28(23)15-7-12-25(31-19-21-8-3-1-4-9-21)26(18-30)32-20-22-10-5-2-6-11-22/h1-6,8-11,13-14,25-26,29-30H,12,17-20H2/t25-,26+/m0/s1. The molecule has 0 bridgehead atoms. The maximum atomic E-state index is 9.98. The van der Waals surface area contributed by atoms with Gasteiger partial charge in [-0.2, -0.15) is 5.26 Å². The summed E-state index contributed by atoms with van der Waals surface area (Å²) in [5.74, 6) is 3.02. The molecule has 0 radical (unpaired) electrons. The zero-order valence-corrected chi connectivity index (χ0v) is 17.7. The van der Waals surface area contributed by atoms with Gasteiger partial charge in [0.2, 0.25) is 0 Å². The van der Waals surface area contributed by atoms with Crippen LogP contribution in [0.4, 0.5) is 0 Å². The van der Waals surface area contributed by atoms with Gasteiger partial charge in [-0.05, 0) is 23.3 Å². The molecule has 3 aromatic rings. The van der Waals surface area contributed by atoms with Crippen LogP contribution in [0.1, 0.15) is 28.9 Å². The number of aliphatic hydroxyl groups is 2. The number of aromatic nitrogens is 1. The van der Waals surface area contributed by atoms with Crippen LogP contribution < -0.4 is 0 Å². The van der Waals surface area contributed by atoms with E-state index >= 15 is 0 Å². The minimum Gasteiger partial charge on any atom is -0.394 e. The van der Waals surface area contributed by atoms with Crippen LogP contribution in [-0.4, -0.2) is 33.6 Å². The summed E-state index contributed by atoms with van der Waals surface area (Å²) >= 11 is 0. The average molecular weight is 431 g/mol. The Morgan fingerprint density at radius 2 is 1.41 bits per heavy atom. The molecule has 0 aliphatic rings. The number of hydrogen-bond donors (Lipinski definition) is 2. The van der Waals surface area contributed by atoms with Crippen molar-refractivity contribution in [3.63, 3.8) is 0 Å². The Kier molecular flexibility index (Phi) is 9.06. The normalized spacial score (nSPS) is 12.4. The third-order valence-electron chi connectivity index (χ3n) is 4.94. The topological polar surface area (TPSA) is 87.6 Å². The summed E-state index contributed by atoms with van der Waals surface area (Å²) in [4.78, 5) is 0. The molecule has 0 fully saturated rings. The fourth-order valence-corrected chi connectivity index (χ4v) is 3.18. The molecular weight excluding hydrogens is 404 g/mol. The lowest BCUT2D eigenvalue weighted by atomic mass is 10.1. The number of nitriles is 1. The molecule has 2 atom stereocenters. The van der Waals surface area contributed by atoms with Crippen LogP contribution in [0, 0.1) is 23.3 Å². The second kappa shape index (κ2) is 12.5. The van der Waals surface area contributed by atoms with Crippen molar-refractivity contribution in [3.8, 4) is 18.0 Å². The summed E-state index contributed by atoms with van der Waals surface area (Å²) < 4.78 is 13.5. The van der Waals surface area contributed by atoms with Crippen LogP contribution in [0.3, 0.4) is 0 Å². The Morgan fingerprint density at radius 3 is 1.94 bits per heavy atom. The van der Waals surface area contributed by atoms with Gasteiger partial charge >= 0.3 is 0 Å². The van der Waals surface area contributed by atoms with Crippen molar-refractivity contribution in [2.24, 2.45) is 0 Å². The SMILES string of the molecule is N#Cc1ccc(CO)n1C#CC[C@H](OCc1ccccc1)[C@@H](CO)OCc1ccccc1. The van der Waals surface area contributed by atoms with Gasteiger partial charge in [0, 0.05) is 12.5 Å². The summed E-state index contributed by atoms with van der Waals surface area (Å²) in [5.41, 5.74) is 2.89. The smallest absolute Gasteiger partial charge is 0.132 e. The molecule has 6 nitrogen and oxygen atoms in total. The molecule has 0 unspecified atom stereocenters. The second-order valence-electron chi connectivity index (χ2n) is 7.16. The van der Waals surface area contributed by atoms with Gasteiger partial charge in [-0.1, -0.05) is 66.6 Å². The van der Waals surface area contributed by atoms with Crippen LogP contribution in [-0.2, 0) is 29.3 Å². The van der Waals surface area contributed by atoms with Crippen LogP contribution in [0.15, 0.2) is 72.8 Å². The van der Waals surface area contributed by atoms with E-state index in [-0.39, 0.29) is 19.6 Å². The molecule has 0 aliphatic carbocycles. The van der Waals surface area contributed by atoms with Crippen molar-refractivity contribution < 1.29 is 19.7 Å². The first-order valence-electron chi connectivity index (χ1n) is 10.4. The van der Waals surface area contributed by atoms with Gasteiger partial charge in [0.1, 0.15) is 17.9 Å². The highest BCUT2D eigenvalue weighted by atomic mass is 16.5. The van der Waals surface area contributed by atoms with E-state index in [4.69, 9.17) is 9.47 Å². The molecule has 0 saturated carbocycles. The Morgan fingerprint density at radius 1 is 0.812 bits per heavy atom. The van der Waals surface area contributed by atoms with Crippen LogP contribution in [0.25, 0.3) is 0 Å². The lowest BCUT2D eigenvalue weighted by Gasteiger charge is -2.25. The van der Waals surface area contributed by atoms with E-state index in [1.165, 1.54) is 4.57 Å². The van der Waals surface area contributed by atoms with Gasteiger partial charge in [-0.3, -0.25) is 4.57 Å². The predicted molar refractivity (Wildman–Crippen MR) is 120 cm³/mol. The van der Waals surface area contributed by atoms with Crippen molar-refractivity contribution in [2.45, 2.75) is 38.4 Å². The van der Waals surface area contributed by atoms with Crippen LogP contribution in [0.2, 0.25) is 0 Å². The molecule has 0 aliphatic heterocycles. The number of hydrogen-bond acceptors (Lipinski definition) is 5. The lowest BCUT2D eigenvalue weighted by Crippen LogP contribution is -2.34. The minimum atomic E-state index is -0.578. The molecular formula is C26H26N2O4. The molecule has 164 valence electrons. The summed E-state index contributed by atoms with van der Waals surface area (Å²) in [6.45, 7) is 0.259. The fraction of sp³-hybridized carbons (Fsp3) is 0.269. The predicted octanol–water partition coefficient (Wildman–Crippen LogP) is 3.21.